The predicted octanol–water partition coefficient (Wildman–Crippen LogP) is 4.66. The van der Waals surface area contributed by atoms with Crippen molar-refractivity contribution >= 4 is 0 Å². The lowest BCUT2D eigenvalue weighted by atomic mass is 9.84. The summed E-state index contributed by atoms with van der Waals surface area (Å²) in [6.07, 6.45) is 2.29. The maximum atomic E-state index is 6.46. The zero-order valence-electron chi connectivity index (χ0n) is 13.1. The van der Waals surface area contributed by atoms with Gasteiger partial charge in [0.1, 0.15) is 0 Å². The molecule has 1 aromatic carbocycles. The van der Waals surface area contributed by atoms with Gasteiger partial charge in [-0.1, -0.05) is 20.3 Å². The van der Waals surface area contributed by atoms with E-state index in [4.69, 9.17) is 5.73 Å². The van der Waals surface area contributed by atoms with E-state index in [1.165, 1.54) is 39.8 Å². The summed E-state index contributed by atoms with van der Waals surface area (Å²) >= 11 is 0. The highest BCUT2D eigenvalue weighted by molar-refractivity contribution is 5.50. The Labute approximate surface area is 113 Å². The van der Waals surface area contributed by atoms with Gasteiger partial charge < -0.3 is 5.73 Å². The fraction of sp³-hybridized carbons (Fsp3) is 0.647. The average Bonchev–Trinajstić information content (AvgIpc) is 2.34. The van der Waals surface area contributed by atoms with Gasteiger partial charge in [0.2, 0.25) is 0 Å². The smallest absolute Gasteiger partial charge is 0.0302 e. The summed E-state index contributed by atoms with van der Waals surface area (Å²) in [4.78, 5) is 0. The van der Waals surface area contributed by atoms with E-state index in [0.29, 0.717) is 5.92 Å². The fourth-order valence-electron chi connectivity index (χ4n) is 2.80. The molecular formula is C17H29N. The van der Waals surface area contributed by atoms with Crippen LogP contribution in [0.4, 0.5) is 0 Å². The Bertz CT molecular complexity index is 403. The van der Waals surface area contributed by atoms with Crippen molar-refractivity contribution < 1.29 is 0 Å². The first kappa shape index (κ1) is 15.2. The molecule has 0 aliphatic rings. The van der Waals surface area contributed by atoms with Gasteiger partial charge in [-0.25, -0.2) is 0 Å². The van der Waals surface area contributed by atoms with Gasteiger partial charge in [-0.05, 0) is 80.3 Å². The Balaban J connectivity index is 3.24. The summed E-state index contributed by atoms with van der Waals surface area (Å²) < 4.78 is 0. The Morgan fingerprint density at radius 2 is 1.22 bits per heavy atom. The molecule has 0 fully saturated rings. The first-order valence-corrected chi connectivity index (χ1v) is 7.13. The van der Waals surface area contributed by atoms with Crippen molar-refractivity contribution in [3.05, 3.63) is 33.4 Å². The molecule has 1 rings (SSSR count). The van der Waals surface area contributed by atoms with Crippen LogP contribution >= 0.6 is 0 Å². The van der Waals surface area contributed by atoms with E-state index >= 15 is 0 Å². The van der Waals surface area contributed by atoms with Crippen molar-refractivity contribution in [2.24, 2.45) is 11.7 Å². The van der Waals surface area contributed by atoms with Crippen molar-refractivity contribution in [1.82, 2.24) is 0 Å². The lowest BCUT2D eigenvalue weighted by Crippen LogP contribution is -2.18. The summed E-state index contributed by atoms with van der Waals surface area (Å²) in [6.45, 7) is 15.6. The Morgan fingerprint density at radius 3 is 1.61 bits per heavy atom. The highest BCUT2D eigenvalue weighted by Crippen LogP contribution is 2.32. The molecule has 0 radical (unpaired) electrons. The third-order valence-corrected chi connectivity index (χ3v) is 4.78. The number of rotatable bonds is 4. The first-order chi connectivity index (χ1) is 8.31. The van der Waals surface area contributed by atoms with E-state index in [2.05, 4.69) is 48.5 Å². The van der Waals surface area contributed by atoms with Crippen LogP contribution in [0.15, 0.2) is 0 Å². The van der Waals surface area contributed by atoms with Gasteiger partial charge in [-0.2, -0.15) is 0 Å². The van der Waals surface area contributed by atoms with Crippen molar-refractivity contribution in [3.8, 4) is 0 Å². The van der Waals surface area contributed by atoms with Crippen molar-refractivity contribution in [2.45, 2.75) is 67.3 Å². The number of hydrogen-bond donors (Lipinski definition) is 1. The minimum atomic E-state index is 0.179. The zero-order chi connectivity index (χ0) is 14.0. The van der Waals surface area contributed by atoms with Crippen LogP contribution in [0.2, 0.25) is 0 Å². The normalized spacial score (nSPS) is 14.7. The van der Waals surface area contributed by atoms with Crippen LogP contribution in [-0.2, 0) is 0 Å². The highest BCUT2D eigenvalue weighted by Gasteiger charge is 2.18. The van der Waals surface area contributed by atoms with Gasteiger partial charge in [-0.3, -0.25) is 0 Å². The topological polar surface area (TPSA) is 26.0 Å². The van der Waals surface area contributed by atoms with Crippen LogP contribution in [0, 0.1) is 40.5 Å². The molecular weight excluding hydrogens is 218 g/mol. The number of nitrogens with two attached hydrogens (primary N) is 1. The fourth-order valence-corrected chi connectivity index (χ4v) is 2.80. The van der Waals surface area contributed by atoms with Crippen LogP contribution in [0.25, 0.3) is 0 Å². The third-order valence-electron chi connectivity index (χ3n) is 4.78. The second-order valence-corrected chi connectivity index (χ2v) is 5.89. The second-order valence-electron chi connectivity index (χ2n) is 5.89. The number of hydrogen-bond acceptors (Lipinski definition) is 1. The van der Waals surface area contributed by atoms with Crippen LogP contribution in [0.1, 0.15) is 66.1 Å². The molecule has 2 N–H and O–H groups in total. The van der Waals surface area contributed by atoms with Crippen molar-refractivity contribution in [3.63, 3.8) is 0 Å². The zero-order valence-corrected chi connectivity index (χ0v) is 13.1. The molecule has 1 nitrogen and oxygen atoms in total. The average molecular weight is 247 g/mol. The Morgan fingerprint density at radius 1 is 0.833 bits per heavy atom. The lowest BCUT2D eigenvalue weighted by molar-refractivity contribution is 0.459. The molecule has 0 spiro atoms. The van der Waals surface area contributed by atoms with Crippen LogP contribution in [-0.4, -0.2) is 0 Å². The van der Waals surface area contributed by atoms with Crippen LogP contribution < -0.4 is 5.73 Å². The van der Waals surface area contributed by atoms with Gasteiger partial charge in [-0.15, -0.1) is 0 Å². The van der Waals surface area contributed by atoms with E-state index in [1.54, 1.807) is 0 Å². The summed E-state index contributed by atoms with van der Waals surface area (Å²) in [5.41, 5.74) is 14.9. The van der Waals surface area contributed by atoms with E-state index in [0.717, 1.165) is 6.42 Å². The quantitative estimate of drug-likeness (QED) is 0.822. The largest absolute Gasteiger partial charge is 0.324 e. The Kier molecular flexibility index (Phi) is 4.98. The predicted molar refractivity (Wildman–Crippen MR) is 81.1 cm³/mol. The molecule has 0 aromatic heterocycles. The highest BCUT2D eigenvalue weighted by atomic mass is 14.6. The van der Waals surface area contributed by atoms with Gasteiger partial charge in [0.15, 0.2) is 0 Å². The molecule has 2 atom stereocenters. The molecule has 102 valence electrons. The molecule has 1 aromatic rings. The summed E-state index contributed by atoms with van der Waals surface area (Å²) in [6, 6.07) is 0.179. The number of benzene rings is 1. The molecule has 0 saturated heterocycles. The standard InChI is InChI=1S/C17H29N/c1-8-10(2)9-16(18)17-14(6)12(4)11(3)13(5)15(17)7/h10,16H,8-9,18H2,1-7H3. The third kappa shape index (κ3) is 2.77. The Hall–Kier alpha value is -0.820. The van der Waals surface area contributed by atoms with Gasteiger partial charge >= 0.3 is 0 Å². The molecule has 0 aliphatic carbocycles. The van der Waals surface area contributed by atoms with Crippen molar-refractivity contribution in [2.75, 3.05) is 0 Å². The van der Waals surface area contributed by atoms with E-state index in [9.17, 15) is 0 Å². The minimum absolute atomic E-state index is 0.179. The van der Waals surface area contributed by atoms with Gasteiger partial charge in [0.25, 0.3) is 0 Å². The van der Waals surface area contributed by atoms with Gasteiger partial charge in [0.05, 0.1) is 0 Å². The second kappa shape index (κ2) is 5.88. The molecule has 0 amide bonds. The summed E-state index contributed by atoms with van der Waals surface area (Å²) in [5.74, 6) is 0.695. The molecule has 0 aliphatic heterocycles. The molecule has 2 unspecified atom stereocenters. The molecule has 0 saturated carbocycles. The maximum absolute atomic E-state index is 6.46. The molecule has 0 bridgehead atoms. The molecule has 0 heterocycles. The van der Waals surface area contributed by atoms with Crippen LogP contribution in [0.5, 0.6) is 0 Å². The molecule has 18 heavy (non-hydrogen) atoms. The maximum Gasteiger partial charge on any atom is 0.0302 e. The molecule has 1 heteroatoms. The van der Waals surface area contributed by atoms with Crippen molar-refractivity contribution in [1.29, 1.82) is 0 Å². The minimum Gasteiger partial charge on any atom is -0.324 e. The lowest BCUT2D eigenvalue weighted by Gasteiger charge is -2.24. The van der Waals surface area contributed by atoms with E-state index < -0.39 is 0 Å². The van der Waals surface area contributed by atoms with E-state index in [-0.39, 0.29) is 6.04 Å². The summed E-state index contributed by atoms with van der Waals surface area (Å²) in [7, 11) is 0. The summed E-state index contributed by atoms with van der Waals surface area (Å²) in [5, 5.41) is 0. The van der Waals surface area contributed by atoms with Gasteiger partial charge in [0, 0.05) is 6.04 Å². The monoisotopic (exact) mass is 247 g/mol. The SMILES string of the molecule is CCC(C)CC(N)c1c(C)c(C)c(C)c(C)c1C. The van der Waals surface area contributed by atoms with E-state index in [1.807, 2.05) is 0 Å². The first-order valence-electron chi connectivity index (χ1n) is 7.13. The van der Waals surface area contributed by atoms with Crippen LogP contribution in [0.3, 0.4) is 0 Å².